The van der Waals surface area contributed by atoms with Crippen molar-refractivity contribution >= 4 is 0 Å². The van der Waals surface area contributed by atoms with Crippen molar-refractivity contribution in [1.82, 2.24) is 0 Å². The third kappa shape index (κ3) is 14.3. The Morgan fingerprint density at radius 2 is 0.476 bits per heavy atom. The van der Waals surface area contributed by atoms with E-state index in [1.807, 2.05) is 12.1 Å². The Labute approximate surface area is 500 Å². The van der Waals surface area contributed by atoms with E-state index in [4.69, 9.17) is 0 Å². The van der Waals surface area contributed by atoms with Gasteiger partial charge in [-0.05, 0) is 147 Å². The first-order chi connectivity index (χ1) is 40.6. The van der Waals surface area contributed by atoms with Crippen LogP contribution >= 0.6 is 0 Å². The Morgan fingerprint density at radius 3 is 0.821 bits per heavy atom. The van der Waals surface area contributed by atoms with E-state index >= 15 is 0 Å². The summed E-state index contributed by atoms with van der Waals surface area (Å²) in [5.74, 6) is 0. The summed E-state index contributed by atoms with van der Waals surface area (Å²) >= 11 is 0. The summed E-state index contributed by atoms with van der Waals surface area (Å²) in [7, 11) is 8.46. The first kappa shape index (κ1) is 59.0. The lowest BCUT2D eigenvalue weighted by Crippen LogP contribution is -2.31. The van der Waals surface area contributed by atoms with E-state index in [9.17, 15) is 0 Å². The van der Waals surface area contributed by atoms with E-state index in [2.05, 4.69) is 357 Å². The second-order valence-corrected chi connectivity index (χ2v) is 22.3. The lowest BCUT2D eigenvalue weighted by atomic mass is 9.97. The van der Waals surface area contributed by atoms with Gasteiger partial charge in [0.25, 0.3) is 0 Å². The van der Waals surface area contributed by atoms with Crippen LogP contribution in [0.1, 0.15) is 44.5 Å². The van der Waals surface area contributed by atoms with Crippen LogP contribution in [0.5, 0.6) is 0 Å². The highest BCUT2D eigenvalue weighted by Gasteiger charge is 2.19. The maximum Gasteiger partial charge on any atom is 0.212 e. The van der Waals surface area contributed by atoms with Gasteiger partial charge < -0.3 is 0 Å². The second-order valence-electron chi connectivity index (χ2n) is 22.3. The number of aryl methyl sites for hydroxylation is 12. The van der Waals surface area contributed by atoms with E-state index in [1.165, 1.54) is 134 Å². The molecule has 0 N–H and O–H groups in total. The van der Waals surface area contributed by atoms with Gasteiger partial charge in [0, 0.05) is 68.8 Å². The molecule has 12 aromatic rings. The molecular weight excluding hydrogens is 1020 g/mol. The summed E-state index contributed by atoms with van der Waals surface area (Å²) in [6.07, 6.45) is 8.85. The van der Waals surface area contributed by atoms with Gasteiger partial charge in [-0.1, -0.05) is 193 Å². The molecule has 0 fully saturated rings. The third-order valence-corrected chi connectivity index (χ3v) is 15.8. The Balaban J connectivity index is 0.000000134. The Morgan fingerprint density at radius 1 is 0.190 bits per heavy atom. The predicted molar refractivity (Wildman–Crippen MR) is 352 cm³/mol. The number of aromatic nitrogens is 4. The molecule has 4 heterocycles. The van der Waals surface area contributed by atoms with Gasteiger partial charge in [-0.15, -0.1) is 0 Å². The molecule has 84 heavy (non-hydrogen) atoms. The topological polar surface area (TPSA) is 15.5 Å². The minimum Gasteiger partial charge on any atom is -0.200 e. The maximum absolute atomic E-state index is 2.29. The number of nitrogens with zero attached hydrogens (tertiary/aromatic N) is 4. The zero-order valence-electron chi connectivity index (χ0n) is 51.2. The minimum absolute atomic E-state index is 1.24. The molecule has 0 aliphatic rings. The van der Waals surface area contributed by atoms with Gasteiger partial charge in [0.15, 0.2) is 24.8 Å². The SMILES string of the molecule is Cc1cc(-c2ccccc2C)[n+](C)cc1-c1ccccc1.Cc1ccc(-c2cc(C)c(-c3ccccc3)c[n+]2C)c(C)c1.Cc1ccc(-c2ccc(-c3ccccc3)c[n+]2C)c(C)c1.Cc1ccccc1-c1ccc(-c2ccccc2)c[n+]1C. The average Bonchev–Trinajstić information content (AvgIpc) is 3.71. The van der Waals surface area contributed by atoms with Crippen LogP contribution in [0.4, 0.5) is 0 Å². The minimum atomic E-state index is 1.24. The molecule has 0 spiro atoms. The van der Waals surface area contributed by atoms with Gasteiger partial charge in [0.1, 0.15) is 28.2 Å². The summed E-state index contributed by atoms with van der Waals surface area (Å²) in [5, 5.41) is 0. The molecule has 0 radical (unpaired) electrons. The lowest BCUT2D eigenvalue weighted by molar-refractivity contribution is -0.660. The molecule has 0 unspecified atom stereocenters. The van der Waals surface area contributed by atoms with E-state index in [1.54, 1.807) is 0 Å². The van der Waals surface area contributed by atoms with Crippen LogP contribution in [0, 0.1) is 55.4 Å². The van der Waals surface area contributed by atoms with Crippen molar-refractivity contribution in [2.75, 3.05) is 0 Å². The van der Waals surface area contributed by atoms with Crippen LogP contribution in [0.3, 0.4) is 0 Å². The first-order valence-corrected chi connectivity index (χ1v) is 29.1. The fourth-order valence-electron chi connectivity index (χ4n) is 11.2. The predicted octanol–water partition coefficient (Wildman–Crippen LogP) is 17.8. The number of pyridine rings is 4. The summed E-state index contributed by atoms with van der Waals surface area (Å²) in [6, 6.07) is 85.8. The van der Waals surface area contributed by atoms with Crippen LogP contribution in [-0.4, -0.2) is 0 Å². The highest BCUT2D eigenvalue weighted by atomic mass is 14.9. The fourth-order valence-corrected chi connectivity index (χ4v) is 11.2. The quantitative estimate of drug-likeness (QED) is 0.135. The van der Waals surface area contributed by atoms with Crippen molar-refractivity contribution < 1.29 is 18.3 Å². The van der Waals surface area contributed by atoms with E-state index < -0.39 is 0 Å². The summed E-state index contributed by atoms with van der Waals surface area (Å²) < 4.78 is 8.86. The number of hydrogen-bond acceptors (Lipinski definition) is 0. The number of hydrogen-bond donors (Lipinski definition) is 0. The molecule has 4 nitrogen and oxygen atoms in total. The van der Waals surface area contributed by atoms with Crippen molar-refractivity contribution in [3.8, 4) is 89.5 Å². The summed E-state index contributed by atoms with van der Waals surface area (Å²) in [4.78, 5) is 0. The molecule has 12 rings (SSSR count). The maximum atomic E-state index is 2.29. The molecule has 416 valence electrons. The van der Waals surface area contributed by atoms with Gasteiger partial charge in [-0.2, -0.15) is 0 Å². The highest BCUT2D eigenvalue weighted by Crippen LogP contribution is 2.30. The van der Waals surface area contributed by atoms with Gasteiger partial charge >= 0.3 is 0 Å². The van der Waals surface area contributed by atoms with E-state index in [-0.39, 0.29) is 0 Å². The lowest BCUT2D eigenvalue weighted by Gasteiger charge is -2.10. The molecule has 4 aromatic heterocycles. The third-order valence-electron chi connectivity index (χ3n) is 15.8. The van der Waals surface area contributed by atoms with Gasteiger partial charge in [0.2, 0.25) is 22.8 Å². The van der Waals surface area contributed by atoms with Crippen molar-refractivity contribution in [3.05, 3.63) is 312 Å². The van der Waals surface area contributed by atoms with Crippen LogP contribution in [0.25, 0.3) is 89.5 Å². The molecule has 4 heteroatoms. The van der Waals surface area contributed by atoms with Gasteiger partial charge in [-0.25, -0.2) is 18.3 Å². The molecule has 0 aliphatic heterocycles. The van der Waals surface area contributed by atoms with E-state index in [0.29, 0.717) is 0 Å². The molecule has 0 saturated heterocycles. The Kier molecular flexibility index (Phi) is 19.3. The first-order valence-electron chi connectivity index (χ1n) is 29.1. The molecule has 8 aromatic carbocycles. The molecule has 0 saturated carbocycles. The average molecular weight is 1100 g/mol. The van der Waals surface area contributed by atoms with Gasteiger partial charge in [0.05, 0.1) is 0 Å². The summed E-state index contributed by atoms with van der Waals surface area (Å²) in [6.45, 7) is 17.3. The highest BCUT2D eigenvalue weighted by molar-refractivity contribution is 5.72. The van der Waals surface area contributed by atoms with Crippen LogP contribution in [-0.2, 0) is 28.2 Å². The fraction of sp³-hybridized carbons (Fsp3) is 0.150. The molecule has 0 bridgehead atoms. The normalized spacial score (nSPS) is 10.6. The van der Waals surface area contributed by atoms with Crippen molar-refractivity contribution in [2.24, 2.45) is 28.2 Å². The van der Waals surface area contributed by atoms with Crippen molar-refractivity contribution in [1.29, 1.82) is 0 Å². The molecule has 0 aliphatic carbocycles. The van der Waals surface area contributed by atoms with Crippen LogP contribution in [0.15, 0.2) is 267 Å². The number of rotatable bonds is 8. The Hall–Kier alpha value is -9.64. The van der Waals surface area contributed by atoms with Gasteiger partial charge in [-0.3, -0.25) is 0 Å². The smallest absolute Gasteiger partial charge is 0.200 e. The summed E-state index contributed by atoms with van der Waals surface area (Å²) in [5.41, 5.74) is 30.7. The van der Waals surface area contributed by atoms with Crippen LogP contribution < -0.4 is 18.3 Å². The Bertz CT molecular complexity index is 4180. The second kappa shape index (κ2) is 27.4. The zero-order valence-corrected chi connectivity index (χ0v) is 51.2. The number of benzene rings is 8. The molecular formula is C80H80N4+4. The zero-order chi connectivity index (χ0) is 59.3. The van der Waals surface area contributed by atoms with E-state index in [0.717, 1.165) is 0 Å². The monoisotopic (exact) mass is 1100 g/mol. The molecule has 0 amide bonds. The molecule has 0 atom stereocenters. The largest absolute Gasteiger partial charge is 0.212 e. The van der Waals surface area contributed by atoms with Crippen molar-refractivity contribution in [3.63, 3.8) is 0 Å². The van der Waals surface area contributed by atoms with Crippen molar-refractivity contribution in [2.45, 2.75) is 55.4 Å². The van der Waals surface area contributed by atoms with Crippen LogP contribution in [0.2, 0.25) is 0 Å². The standard InChI is InChI=1S/C21H22N.2C20H20N.C19H18N/c1-15-10-11-19(16(2)12-15)21-13-17(3)20(14-22(21)4)18-8-6-5-7-9-18;1-15-9-7-8-12-18(15)20-13-16(2)19(14-21(20)3)17-10-5-4-6-11-17;1-15-9-11-19(16(2)13-15)20-12-10-18(14-21(20)3)17-7-5-4-6-8-17;1-15-8-6-7-11-18(15)19-13-12-17(14-20(19)2)16-9-4-3-5-10-16/h5-14H,1-4H3;2*4-14H,1-3H3;3-14H,1-2H3/q4*+1.